The molecule has 0 aliphatic heterocycles. The molecule has 0 spiro atoms. The molecule has 10 heteroatoms. The van der Waals surface area contributed by atoms with E-state index in [0.29, 0.717) is 22.0 Å². The summed E-state index contributed by atoms with van der Waals surface area (Å²) < 4.78 is 47.3. The summed E-state index contributed by atoms with van der Waals surface area (Å²) in [5.41, 5.74) is 3.70. The summed E-state index contributed by atoms with van der Waals surface area (Å²) >= 11 is 1.07. The van der Waals surface area contributed by atoms with Crippen molar-refractivity contribution in [3.05, 3.63) is 41.1 Å². The van der Waals surface area contributed by atoms with E-state index in [0.717, 1.165) is 23.7 Å². The molecule has 0 aliphatic carbocycles. The predicted molar refractivity (Wildman–Crippen MR) is 94.8 cm³/mol. The van der Waals surface area contributed by atoms with E-state index in [-0.39, 0.29) is 12.3 Å². The molecule has 1 heterocycles. The largest absolute Gasteiger partial charge is 0.450 e. The van der Waals surface area contributed by atoms with Gasteiger partial charge in [0.25, 0.3) is 0 Å². The molecule has 1 aromatic heterocycles. The van der Waals surface area contributed by atoms with E-state index < -0.39 is 17.8 Å². The number of anilines is 2. The van der Waals surface area contributed by atoms with E-state index in [1.54, 1.807) is 20.8 Å². The van der Waals surface area contributed by atoms with Gasteiger partial charge in [-0.15, -0.1) is 0 Å². The lowest BCUT2D eigenvalue weighted by Crippen LogP contribution is -2.14. The van der Waals surface area contributed by atoms with E-state index in [1.807, 2.05) is 0 Å². The molecule has 1 amide bonds. The fraction of sp³-hybridized carbons (Fsp3) is 0.312. The fourth-order valence-electron chi connectivity index (χ4n) is 2.11. The number of rotatable bonds is 5. The maximum atomic E-state index is 12.8. The summed E-state index contributed by atoms with van der Waals surface area (Å²) in [4.78, 5) is 11.6. The van der Waals surface area contributed by atoms with Crippen LogP contribution in [0.15, 0.2) is 29.4 Å². The third-order valence-corrected chi connectivity index (χ3v) is 4.11. The highest BCUT2D eigenvalue weighted by atomic mass is 32.1. The number of nitrogens with one attached hydrogen (secondary N) is 2. The number of benzene rings is 1. The van der Waals surface area contributed by atoms with Crippen LogP contribution in [-0.2, 0) is 10.9 Å². The van der Waals surface area contributed by atoms with E-state index in [4.69, 9.17) is 4.74 Å². The van der Waals surface area contributed by atoms with Gasteiger partial charge >= 0.3 is 12.3 Å². The standard InChI is InChI=1S/C16H17F3N4O2S/c1-4-25-15(24)20-14-13(10(3)23-26-14)9(2)21-22-12-7-5-6-11(8-12)16(17,18)19/h5-8,22H,4H2,1-3H3,(H,20,24)/b21-9+. The Bertz CT molecular complexity index is 818. The number of nitrogens with zero attached hydrogens (tertiary/aromatic N) is 2. The van der Waals surface area contributed by atoms with Gasteiger partial charge in [-0.1, -0.05) is 6.07 Å². The first kappa shape index (κ1) is 19.7. The van der Waals surface area contributed by atoms with Crippen molar-refractivity contribution in [3.8, 4) is 0 Å². The third kappa shape index (κ3) is 4.94. The quantitative estimate of drug-likeness (QED) is 0.568. The second-order valence-electron chi connectivity index (χ2n) is 5.21. The normalized spacial score (nSPS) is 12.0. The van der Waals surface area contributed by atoms with Gasteiger partial charge in [0.2, 0.25) is 0 Å². The lowest BCUT2D eigenvalue weighted by atomic mass is 10.1. The number of hydrogen-bond donors (Lipinski definition) is 2. The number of carbonyl (C=O) groups excluding carboxylic acids is 1. The number of hydrazone groups is 1. The van der Waals surface area contributed by atoms with Crippen LogP contribution in [0.25, 0.3) is 0 Å². The van der Waals surface area contributed by atoms with Crippen molar-refractivity contribution in [1.82, 2.24) is 4.37 Å². The Morgan fingerprint density at radius 1 is 1.38 bits per heavy atom. The zero-order chi connectivity index (χ0) is 19.3. The lowest BCUT2D eigenvalue weighted by molar-refractivity contribution is -0.137. The molecular weight excluding hydrogens is 369 g/mol. The lowest BCUT2D eigenvalue weighted by Gasteiger charge is -2.09. The second kappa shape index (κ2) is 8.17. The van der Waals surface area contributed by atoms with E-state index >= 15 is 0 Å². The molecule has 26 heavy (non-hydrogen) atoms. The Morgan fingerprint density at radius 2 is 2.12 bits per heavy atom. The molecule has 0 saturated carbocycles. The number of carbonyl (C=O) groups is 1. The van der Waals surface area contributed by atoms with Gasteiger partial charge in [0.1, 0.15) is 5.00 Å². The van der Waals surface area contributed by atoms with Gasteiger partial charge in [-0.2, -0.15) is 22.6 Å². The van der Waals surface area contributed by atoms with Crippen LogP contribution in [0.5, 0.6) is 0 Å². The number of aryl methyl sites for hydroxylation is 1. The van der Waals surface area contributed by atoms with E-state index in [2.05, 4.69) is 20.2 Å². The van der Waals surface area contributed by atoms with Crippen LogP contribution in [0, 0.1) is 6.92 Å². The number of hydrogen-bond acceptors (Lipinski definition) is 6. The number of aromatic nitrogens is 1. The van der Waals surface area contributed by atoms with Crippen molar-refractivity contribution >= 4 is 34.0 Å². The number of amides is 1. The van der Waals surface area contributed by atoms with Gasteiger partial charge in [0, 0.05) is 0 Å². The van der Waals surface area contributed by atoms with Crippen LogP contribution in [0.3, 0.4) is 0 Å². The minimum absolute atomic E-state index is 0.194. The van der Waals surface area contributed by atoms with Crippen molar-refractivity contribution in [3.63, 3.8) is 0 Å². The highest BCUT2D eigenvalue weighted by Gasteiger charge is 2.30. The zero-order valence-corrected chi connectivity index (χ0v) is 15.1. The van der Waals surface area contributed by atoms with E-state index in [1.165, 1.54) is 12.1 Å². The summed E-state index contributed by atoms with van der Waals surface area (Å²) in [6.45, 7) is 5.31. The second-order valence-corrected chi connectivity index (χ2v) is 5.98. The Balaban J connectivity index is 2.20. The first-order valence-electron chi connectivity index (χ1n) is 7.60. The average Bonchev–Trinajstić information content (AvgIpc) is 2.93. The smallest absolute Gasteiger partial charge is 0.416 e. The van der Waals surface area contributed by atoms with Gasteiger partial charge < -0.3 is 4.74 Å². The molecule has 2 N–H and O–H groups in total. The van der Waals surface area contributed by atoms with Crippen LogP contribution in [0.4, 0.5) is 28.7 Å². The van der Waals surface area contributed by atoms with Crippen molar-refractivity contribution in [2.24, 2.45) is 5.10 Å². The molecule has 0 aliphatic rings. The Kier molecular flexibility index (Phi) is 6.19. The summed E-state index contributed by atoms with van der Waals surface area (Å²) in [5.74, 6) is 0. The highest BCUT2D eigenvalue weighted by Crippen LogP contribution is 2.31. The zero-order valence-electron chi connectivity index (χ0n) is 14.3. The van der Waals surface area contributed by atoms with Crippen molar-refractivity contribution < 1.29 is 22.7 Å². The third-order valence-electron chi connectivity index (χ3n) is 3.26. The van der Waals surface area contributed by atoms with Gasteiger partial charge in [0.05, 0.1) is 34.8 Å². The van der Waals surface area contributed by atoms with Gasteiger partial charge in [-0.25, -0.2) is 4.79 Å². The molecule has 1 aromatic carbocycles. The molecule has 6 nitrogen and oxygen atoms in total. The van der Waals surface area contributed by atoms with Crippen molar-refractivity contribution in [1.29, 1.82) is 0 Å². The van der Waals surface area contributed by atoms with Crippen LogP contribution in [0.1, 0.15) is 30.7 Å². The van der Waals surface area contributed by atoms with Crippen LogP contribution in [0.2, 0.25) is 0 Å². The van der Waals surface area contributed by atoms with Gasteiger partial charge in [-0.05, 0) is 50.5 Å². The number of alkyl halides is 3. The Morgan fingerprint density at radius 3 is 2.77 bits per heavy atom. The molecular formula is C16H17F3N4O2S. The SMILES string of the molecule is CCOC(=O)Nc1snc(C)c1/C(C)=N/Nc1cccc(C(F)(F)F)c1. The molecule has 0 saturated heterocycles. The van der Waals surface area contributed by atoms with E-state index in [9.17, 15) is 18.0 Å². The molecule has 0 fully saturated rings. The topological polar surface area (TPSA) is 75.6 Å². The Hall–Kier alpha value is -2.62. The number of halogens is 3. The van der Waals surface area contributed by atoms with Crippen molar-refractivity contribution in [2.75, 3.05) is 17.3 Å². The molecule has 0 bridgehead atoms. The van der Waals surface area contributed by atoms with Crippen LogP contribution < -0.4 is 10.7 Å². The minimum atomic E-state index is -4.43. The minimum Gasteiger partial charge on any atom is -0.450 e. The van der Waals surface area contributed by atoms with Crippen LogP contribution in [-0.4, -0.2) is 22.8 Å². The first-order chi connectivity index (χ1) is 12.2. The van der Waals surface area contributed by atoms with Gasteiger partial charge in [-0.3, -0.25) is 10.7 Å². The summed E-state index contributed by atoms with van der Waals surface area (Å²) in [6, 6.07) is 4.72. The van der Waals surface area contributed by atoms with Crippen LogP contribution >= 0.6 is 11.5 Å². The summed E-state index contributed by atoms with van der Waals surface area (Å²) in [7, 11) is 0. The van der Waals surface area contributed by atoms with Crippen molar-refractivity contribution in [2.45, 2.75) is 26.9 Å². The maximum Gasteiger partial charge on any atom is 0.416 e. The highest BCUT2D eigenvalue weighted by molar-refractivity contribution is 7.11. The molecule has 140 valence electrons. The summed E-state index contributed by atoms with van der Waals surface area (Å²) in [6.07, 6.45) is -5.04. The maximum absolute atomic E-state index is 12.8. The fourth-order valence-corrected chi connectivity index (χ4v) is 2.95. The Labute approximate surface area is 152 Å². The molecule has 0 radical (unpaired) electrons. The summed E-state index contributed by atoms with van der Waals surface area (Å²) in [5, 5.41) is 7.14. The average molecular weight is 386 g/mol. The predicted octanol–water partition coefficient (Wildman–Crippen LogP) is 4.87. The monoisotopic (exact) mass is 386 g/mol. The number of ether oxygens (including phenoxy) is 1. The molecule has 2 rings (SSSR count). The molecule has 2 aromatic rings. The molecule has 0 atom stereocenters. The molecule has 0 unspecified atom stereocenters. The first-order valence-corrected chi connectivity index (χ1v) is 8.37. The van der Waals surface area contributed by atoms with Gasteiger partial charge in [0.15, 0.2) is 0 Å².